The van der Waals surface area contributed by atoms with Crippen LogP contribution in [-0.2, 0) is 0 Å². The average molecular weight is 565 g/mol. The third-order valence-electron chi connectivity index (χ3n) is 6.26. The molecule has 0 aliphatic carbocycles. The number of nitrogens with zero attached hydrogens (tertiary/aromatic N) is 6. The van der Waals surface area contributed by atoms with Crippen LogP contribution in [0.5, 0.6) is 5.75 Å². The first kappa shape index (κ1) is 28.0. The van der Waals surface area contributed by atoms with Crippen molar-refractivity contribution in [3.05, 3.63) is 60.9 Å². The molecule has 39 heavy (non-hydrogen) atoms. The van der Waals surface area contributed by atoms with Crippen LogP contribution in [0.3, 0.4) is 0 Å². The number of aromatic nitrogens is 5. The lowest BCUT2D eigenvalue weighted by Crippen LogP contribution is -2.48. The van der Waals surface area contributed by atoms with Gasteiger partial charge in [0, 0.05) is 48.4 Å². The largest absolute Gasteiger partial charge is 0.496 e. The van der Waals surface area contributed by atoms with Crippen molar-refractivity contribution in [2.45, 2.75) is 25.2 Å². The number of rotatable bonds is 7. The fourth-order valence-corrected chi connectivity index (χ4v) is 4.29. The zero-order valence-corrected chi connectivity index (χ0v) is 21.5. The second kappa shape index (κ2) is 11.8. The number of methoxy groups -OCH3 is 1. The van der Waals surface area contributed by atoms with E-state index in [9.17, 15) is 17.6 Å². The van der Waals surface area contributed by atoms with E-state index in [0.717, 1.165) is 0 Å². The van der Waals surface area contributed by atoms with Gasteiger partial charge in [-0.3, -0.25) is 0 Å². The molecule has 14 heteroatoms. The summed E-state index contributed by atoms with van der Waals surface area (Å²) in [5, 5.41) is 6.77. The second-order valence-electron chi connectivity index (χ2n) is 8.70. The Morgan fingerprint density at radius 3 is 2.69 bits per heavy atom. The molecule has 1 saturated heterocycles. The van der Waals surface area contributed by atoms with Gasteiger partial charge in [0.05, 0.1) is 31.1 Å². The molecule has 4 aromatic rings. The number of nitrogens with two attached hydrogens (primary N) is 1. The Kier molecular flexibility index (Phi) is 8.51. The van der Waals surface area contributed by atoms with E-state index < -0.39 is 24.6 Å². The summed E-state index contributed by atoms with van der Waals surface area (Å²) >= 11 is 0. The van der Waals surface area contributed by atoms with E-state index >= 15 is 0 Å². The number of hydrogen-bond acceptors (Lipinski definition) is 8. The van der Waals surface area contributed by atoms with Gasteiger partial charge in [-0.05, 0) is 24.6 Å². The summed E-state index contributed by atoms with van der Waals surface area (Å²) in [7, 11) is 1.42. The minimum Gasteiger partial charge on any atom is -0.496 e. The van der Waals surface area contributed by atoms with E-state index in [2.05, 4.69) is 25.4 Å². The predicted molar refractivity (Wildman–Crippen MR) is 141 cm³/mol. The van der Waals surface area contributed by atoms with Crippen molar-refractivity contribution in [1.82, 2.24) is 24.7 Å². The molecule has 0 bridgehead atoms. The molecular weight excluding hydrogens is 540 g/mol. The number of piperidine rings is 1. The smallest absolute Gasteiger partial charge is 0.333 e. The normalized spacial score (nSPS) is 17.2. The number of nitrogens with one attached hydrogen (secondary N) is 1. The molecule has 1 aliphatic rings. The fraction of sp³-hybridized carbons (Fsp3) is 0.280. The van der Waals surface area contributed by atoms with Crippen molar-refractivity contribution in [1.29, 1.82) is 0 Å². The van der Waals surface area contributed by atoms with Crippen LogP contribution in [-0.4, -0.2) is 57.1 Å². The highest BCUT2D eigenvalue weighted by atomic mass is 35.5. The Labute approximate surface area is 227 Å². The lowest BCUT2D eigenvalue weighted by molar-refractivity contribution is 0.0566. The van der Waals surface area contributed by atoms with Gasteiger partial charge >= 0.3 is 6.55 Å². The van der Waals surface area contributed by atoms with Crippen molar-refractivity contribution in [3.63, 3.8) is 0 Å². The summed E-state index contributed by atoms with van der Waals surface area (Å²) in [5.74, 6) is 0.507. The van der Waals surface area contributed by atoms with Crippen molar-refractivity contribution in [2.24, 2.45) is 5.73 Å². The number of hydrogen-bond donors (Lipinski definition) is 2. The maximum atomic E-state index is 14.6. The Morgan fingerprint density at radius 1 is 1.15 bits per heavy atom. The average Bonchev–Trinajstić information content (AvgIpc) is 3.41. The number of benzene rings is 1. The molecule has 5 rings (SSSR count). The van der Waals surface area contributed by atoms with Gasteiger partial charge < -0.3 is 20.7 Å². The van der Waals surface area contributed by atoms with Crippen LogP contribution in [0.1, 0.15) is 13.0 Å². The monoisotopic (exact) mass is 564 g/mol. The Bertz CT molecular complexity index is 1440. The molecule has 4 heterocycles. The van der Waals surface area contributed by atoms with Gasteiger partial charge in [-0.25, -0.2) is 28.4 Å². The molecule has 206 valence electrons. The summed E-state index contributed by atoms with van der Waals surface area (Å²) in [6, 6.07) is 7.08. The summed E-state index contributed by atoms with van der Waals surface area (Å²) in [6.07, 6.45) is 4.63. The standard InChI is InChI=1S/C25H24F4N8O.ClH/c1-38-20-4-2-3-16(26)23(20)24-31-7-5-21(35-24)34-22-9-19(36-8-6-18(30)17(27)13-36)15(11-32-22)14-10-33-37(12-14)25(28)29;/h2-5,7,9-12,17-18,25H,6,8,13,30H2,1H3,(H,31,32,34,35);1H/t17-,18+;/m1./s1. The van der Waals surface area contributed by atoms with Crippen LogP contribution in [0, 0.1) is 5.82 Å². The highest BCUT2D eigenvalue weighted by molar-refractivity contribution is 5.85. The number of ether oxygens (including phenoxy) is 1. The van der Waals surface area contributed by atoms with E-state index in [-0.39, 0.29) is 36.1 Å². The van der Waals surface area contributed by atoms with E-state index in [1.807, 2.05) is 0 Å². The second-order valence-corrected chi connectivity index (χ2v) is 8.70. The molecule has 3 aromatic heterocycles. The summed E-state index contributed by atoms with van der Waals surface area (Å²) in [5.41, 5.74) is 7.44. The minimum atomic E-state index is -2.80. The van der Waals surface area contributed by atoms with E-state index in [1.165, 1.54) is 44.0 Å². The molecule has 1 fully saturated rings. The van der Waals surface area contributed by atoms with Crippen LogP contribution < -0.4 is 20.7 Å². The minimum absolute atomic E-state index is 0. The van der Waals surface area contributed by atoms with Gasteiger partial charge in [-0.15, -0.1) is 12.4 Å². The number of pyridine rings is 1. The van der Waals surface area contributed by atoms with E-state index in [4.69, 9.17) is 10.5 Å². The zero-order valence-electron chi connectivity index (χ0n) is 20.6. The highest BCUT2D eigenvalue weighted by Gasteiger charge is 2.28. The molecular formula is C25H25ClF4N8O. The zero-order chi connectivity index (χ0) is 26.8. The van der Waals surface area contributed by atoms with Gasteiger partial charge in [0.25, 0.3) is 0 Å². The predicted octanol–water partition coefficient (Wildman–Crippen LogP) is 4.99. The highest BCUT2D eigenvalue weighted by Crippen LogP contribution is 2.35. The molecule has 0 spiro atoms. The third-order valence-corrected chi connectivity index (χ3v) is 6.26. The lowest BCUT2D eigenvalue weighted by Gasteiger charge is -2.35. The first-order valence-electron chi connectivity index (χ1n) is 11.7. The van der Waals surface area contributed by atoms with Crippen LogP contribution in [0.2, 0.25) is 0 Å². The summed E-state index contributed by atoms with van der Waals surface area (Å²) in [6.45, 7) is -2.30. The van der Waals surface area contributed by atoms with Crippen LogP contribution in [0.4, 0.5) is 34.9 Å². The Balaban J connectivity index is 0.00000353. The topological polar surface area (TPSA) is 107 Å². The lowest BCUT2D eigenvalue weighted by atomic mass is 10.0. The van der Waals surface area contributed by atoms with Gasteiger partial charge in [0.15, 0.2) is 5.82 Å². The molecule has 0 unspecified atom stereocenters. The van der Waals surface area contributed by atoms with Gasteiger partial charge in [0.2, 0.25) is 0 Å². The summed E-state index contributed by atoms with van der Waals surface area (Å²) in [4.78, 5) is 14.8. The van der Waals surface area contributed by atoms with Crippen LogP contribution in [0.15, 0.2) is 55.1 Å². The third kappa shape index (κ3) is 5.88. The number of alkyl halides is 3. The molecule has 0 saturated carbocycles. The first-order chi connectivity index (χ1) is 18.3. The number of anilines is 3. The Morgan fingerprint density at radius 2 is 1.97 bits per heavy atom. The first-order valence-corrected chi connectivity index (χ1v) is 11.7. The van der Waals surface area contributed by atoms with Crippen molar-refractivity contribution < 1.29 is 22.3 Å². The maximum Gasteiger partial charge on any atom is 0.333 e. The summed E-state index contributed by atoms with van der Waals surface area (Å²) < 4.78 is 61.2. The van der Waals surface area contributed by atoms with Crippen molar-refractivity contribution in [2.75, 3.05) is 30.4 Å². The quantitative estimate of drug-likeness (QED) is 0.303. The Hall–Kier alpha value is -3.97. The van der Waals surface area contributed by atoms with E-state index in [1.54, 1.807) is 23.1 Å². The molecule has 9 nitrogen and oxygen atoms in total. The van der Waals surface area contributed by atoms with Crippen LogP contribution >= 0.6 is 12.4 Å². The fourth-order valence-electron chi connectivity index (χ4n) is 4.29. The van der Waals surface area contributed by atoms with Crippen molar-refractivity contribution in [3.8, 4) is 28.3 Å². The molecule has 1 aromatic carbocycles. The van der Waals surface area contributed by atoms with Crippen molar-refractivity contribution >= 4 is 29.7 Å². The molecule has 0 amide bonds. The van der Waals surface area contributed by atoms with Crippen LogP contribution in [0.25, 0.3) is 22.5 Å². The molecule has 1 aliphatic heterocycles. The van der Waals surface area contributed by atoms with Gasteiger partial charge in [-0.2, -0.15) is 13.9 Å². The molecule has 0 radical (unpaired) electrons. The maximum absolute atomic E-state index is 14.6. The SMILES string of the molecule is COc1cccc(F)c1-c1nccc(Nc2cc(N3CC[C@H](N)[C@H](F)C3)c(-c3cnn(C(F)F)c3)cn2)n1.Cl. The van der Waals surface area contributed by atoms with Gasteiger partial charge in [0.1, 0.15) is 29.4 Å². The van der Waals surface area contributed by atoms with Gasteiger partial charge in [-0.1, -0.05) is 6.07 Å². The number of halogens is 5. The van der Waals surface area contributed by atoms with E-state index in [0.29, 0.717) is 46.1 Å². The molecule has 2 atom stereocenters. The molecule has 3 N–H and O–H groups in total.